The first-order chi connectivity index (χ1) is 14.5. The van der Waals surface area contributed by atoms with Crippen molar-refractivity contribution < 1.29 is 13.5 Å². The number of nitrogens with zero attached hydrogens (tertiary/aromatic N) is 2. The van der Waals surface area contributed by atoms with Gasteiger partial charge in [-0.25, -0.2) is 9.38 Å². The molecule has 2 heterocycles. The van der Waals surface area contributed by atoms with Gasteiger partial charge in [-0.1, -0.05) is 0 Å². The molecular weight excluding hydrogens is 383 g/mol. The summed E-state index contributed by atoms with van der Waals surface area (Å²) in [6.45, 7) is 13.3. The number of aliphatic imine (C=N–C) groups is 1. The lowest BCUT2D eigenvalue weighted by Crippen LogP contribution is -2.49. The van der Waals surface area contributed by atoms with E-state index in [2.05, 4.69) is 36.3 Å². The van der Waals surface area contributed by atoms with Crippen LogP contribution in [0.15, 0.2) is 27.6 Å². The van der Waals surface area contributed by atoms with Crippen molar-refractivity contribution in [3.8, 4) is 0 Å². The van der Waals surface area contributed by atoms with Crippen molar-refractivity contribution in [2.45, 2.75) is 59.2 Å². The summed E-state index contributed by atoms with van der Waals surface area (Å²) in [5, 5.41) is 7.70. The Labute approximate surface area is 178 Å². The smallest absolute Gasteiger partial charge is 0.191 e. The van der Waals surface area contributed by atoms with Crippen molar-refractivity contribution in [2.75, 3.05) is 32.8 Å². The number of benzene rings is 1. The summed E-state index contributed by atoms with van der Waals surface area (Å²) in [5.74, 6) is 1.32. The number of guanidine groups is 1. The van der Waals surface area contributed by atoms with Gasteiger partial charge in [0, 0.05) is 43.2 Å². The molecular formula is C23H35FN4O2. The molecule has 2 aromatic rings. The van der Waals surface area contributed by atoms with Gasteiger partial charge in [0.1, 0.15) is 23.7 Å². The Morgan fingerprint density at radius 3 is 2.80 bits per heavy atom. The quantitative estimate of drug-likeness (QED) is 0.504. The monoisotopic (exact) mass is 418 g/mol. The minimum absolute atomic E-state index is 0.251. The number of fused-ring (bicyclic) bond motifs is 1. The molecule has 1 aliphatic rings. The number of aryl methyl sites for hydroxylation is 1. The maximum atomic E-state index is 13.5. The minimum Gasteiger partial charge on any atom is -0.459 e. The number of hydrogen-bond acceptors (Lipinski definition) is 4. The zero-order chi connectivity index (χ0) is 21.5. The third kappa shape index (κ3) is 6.19. The second-order valence-electron chi connectivity index (χ2n) is 8.17. The van der Waals surface area contributed by atoms with E-state index in [-0.39, 0.29) is 11.9 Å². The van der Waals surface area contributed by atoms with E-state index in [0.29, 0.717) is 18.2 Å². The molecule has 0 atom stereocenters. The number of halogens is 1. The molecule has 0 saturated carbocycles. The number of ether oxygens (including phenoxy) is 1. The first-order valence-electron chi connectivity index (χ1n) is 11.0. The van der Waals surface area contributed by atoms with Crippen LogP contribution in [0.5, 0.6) is 0 Å². The highest BCUT2D eigenvalue weighted by Gasteiger charge is 2.20. The predicted octanol–water partition coefficient (Wildman–Crippen LogP) is 3.82. The van der Waals surface area contributed by atoms with Crippen LogP contribution in [0, 0.1) is 12.7 Å². The topological polar surface area (TPSA) is 62.0 Å². The number of likely N-dealkylation sites (tertiary alicyclic amines) is 1. The van der Waals surface area contributed by atoms with Crippen LogP contribution in [0.4, 0.5) is 4.39 Å². The fourth-order valence-corrected chi connectivity index (χ4v) is 3.78. The molecule has 2 N–H and O–H groups in total. The van der Waals surface area contributed by atoms with Crippen molar-refractivity contribution in [2.24, 2.45) is 4.99 Å². The van der Waals surface area contributed by atoms with Crippen molar-refractivity contribution in [3.05, 3.63) is 35.3 Å². The van der Waals surface area contributed by atoms with Gasteiger partial charge in [0.2, 0.25) is 0 Å². The number of rotatable bonds is 8. The van der Waals surface area contributed by atoms with Gasteiger partial charge in [-0.2, -0.15) is 0 Å². The summed E-state index contributed by atoms with van der Waals surface area (Å²) >= 11 is 0. The molecule has 3 rings (SSSR count). The molecule has 1 saturated heterocycles. The molecule has 1 aromatic carbocycles. The van der Waals surface area contributed by atoms with Gasteiger partial charge >= 0.3 is 0 Å². The summed E-state index contributed by atoms with van der Waals surface area (Å²) in [4.78, 5) is 7.18. The summed E-state index contributed by atoms with van der Waals surface area (Å²) in [6, 6.07) is 5.01. The summed E-state index contributed by atoms with van der Waals surface area (Å²) in [5.41, 5.74) is 1.65. The maximum Gasteiger partial charge on any atom is 0.191 e. The molecule has 0 unspecified atom stereocenters. The molecule has 166 valence electrons. The number of hydrogen-bond donors (Lipinski definition) is 2. The third-order valence-corrected chi connectivity index (χ3v) is 5.51. The van der Waals surface area contributed by atoms with Crippen LogP contribution in [-0.2, 0) is 11.3 Å². The van der Waals surface area contributed by atoms with Gasteiger partial charge in [0.15, 0.2) is 5.96 Å². The van der Waals surface area contributed by atoms with Gasteiger partial charge in [0.25, 0.3) is 0 Å². The minimum atomic E-state index is -0.251. The van der Waals surface area contributed by atoms with Crippen LogP contribution in [0.1, 0.15) is 44.9 Å². The summed E-state index contributed by atoms with van der Waals surface area (Å²) in [6.07, 6.45) is 2.45. The van der Waals surface area contributed by atoms with Crippen molar-refractivity contribution >= 4 is 16.9 Å². The van der Waals surface area contributed by atoms with Crippen molar-refractivity contribution in [3.63, 3.8) is 0 Å². The highest BCUT2D eigenvalue weighted by molar-refractivity contribution is 5.82. The van der Waals surface area contributed by atoms with Gasteiger partial charge in [-0.3, -0.25) is 0 Å². The third-order valence-electron chi connectivity index (χ3n) is 5.51. The van der Waals surface area contributed by atoms with Crippen LogP contribution in [0.2, 0.25) is 0 Å². The highest BCUT2D eigenvalue weighted by atomic mass is 19.1. The standard InChI is InChI=1S/C23H35FN4O2/c1-5-25-23(27-19-8-10-28(11-9-19)12-13-29-16(2)3)26-15-22-17(4)20-14-18(24)6-7-21(20)30-22/h6-7,14,16,19H,5,8-13,15H2,1-4H3,(H2,25,26,27). The summed E-state index contributed by atoms with van der Waals surface area (Å²) in [7, 11) is 0. The van der Waals surface area contributed by atoms with Crippen molar-refractivity contribution in [1.29, 1.82) is 0 Å². The lowest BCUT2D eigenvalue weighted by molar-refractivity contribution is 0.0532. The number of nitrogens with one attached hydrogen (secondary N) is 2. The number of furan rings is 1. The average Bonchev–Trinajstić information content (AvgIpc) is 3.02. The zero-order valence-corrected chi connectivity index (χ0v) is 18.6. The molecule has 1 fully saturated rings. The van der Waals surface area contributed by atoms with Crippen LogP contribution in [-0.4, -0.2) is 55.8 Å². The Balaban J connectivity index is 1.55. The molecule has 0 radical (unpaired) electrons. The molecule has 0 amide bonds. The van der Waals surface area contributed by atoms with E-state index in [1.165, 1.54) is 12.1 Å². The predicted molar refractivity (Wildman–Crippen MR) is 119 cm³/mol. The van der Waals surface area contributed by atoms with E-state index >= 15 is 0 Å². The number of piperidine rings is 1. The largest absolute Gasteiger partial charge is 0.459 e. The van der Waals surface area contributed by atoms with Crippen LogP contribution in [0.3, 0.4) is 0 Å². The molecule has 0 aliphatic carbocycles. The molecule has 30 heavy (non-hydrogen) atoms. The van der Waals surface area contributed by atoms with Crippen molar-refractivity contribution in [1.82, 2.24) is 15.5 Å². The second kappa shape index (κ2) is 10.8. The summed E-state index contributed by atoms with van der Waals surface area (Å²) < 4.78 is 25.1. The zero-order valence-electron chi connectivity index (χ0n) is 18.6. The Morgan fingerprint density at radius 1 is 1.33 bits per heavy atom. The molecule has 1 aromatic heterocycles. The normalized spacial score (nSPS) is 16.5. The van der Waals surface area contributed by atoms with Gasteiger partial charge in [-0.15, -0.1) is 0 Å². The van der Waals surface area contributed by atoms with Crippen LogP contribution >= 0.6 is 0 Å². The fraction of sp³-hybridized carbons (Fsp3) is 0.609. The Bertz CT molecular complexity index is 841. The molecule has 7 heteroatoms. The van der Waals surface area contributed by atoms with E-state index < -0.39 is 0 Å². The lowest BCUT2D eigenvalue weighted by Gasteiger charge is -2.33. The van der Waals surface area contributed by atoms with E-state index in [4.69, 9.17) is 14.1 Å². The molecule has 0 bridgehead atoms. The first-order valence-corrected chi connectivity index (χ1v) is 11.0. The van der Waals surface area contributed by atoms with Gasteiger partial charge < -0.3 is 24.7 Å². The van der Waals surface area contributed by atoms with E-state index in [9.17, 15) is 4.39 Å². The SMILES string of the molecule is CCNC(=NCc1oc2ccc(F)cc2c1C)NC1CCN(CCOC(C)C)CC1. The average molecular weight is 419 g/mol. The maximum absolute atomic E-state index is 13.5. The second-order valence-corrected chi connectivity index (χ2v) is 8.17. The fourth-order valence-electron chi connectivity index (χ4n) is 3.78. The first kappa shape index (κ1) is 22.6. The highest BCUT2D eigenvalue weighted by Crippen LogP contribution is 2.26. The molecule has 6 nitrogen and oxygen atoms in total. The van der Waals surface area contributed by atoms with Gasteiger partial charge in [-0.05, 0) is 58.7 Å². The van der Waals surface area contributed by atoms with E-state index in [0.717, 1.165) is 68.3 Å². The Kier molecular flexibility index (Phi) is 8.10. The Hall–Kier alpha value is -2.12. The van der Waals surface area contributed by atoms with Crippen LogP contribution in [0.25, 0.3) is 11.0 Å². The van der Waals surface area contributed by atoms with Crippen LogP contribution < -0.4 is 10.6 Å². The Morgan fingerprint density at radius 2 is 2.10 bits per heavy atom. The van der Waals surface area contributed by atoms with Gasteiger partial charge in [0.05, 0.1) is 12.7 Å². The molecule has 0 spiro atoms. The van der Waals surface area contributed by atoms with E-state index in [1.807, 2.05) is 6.92 Å². The van der Waals surface area contributed by atoms with E-state index in [1.54, 1.807) is 6.07 Å². The molecule has 1 aliphatic heterocycles. The lowest BCUT2D eigenvalue weighted by atomic mass is 10.1.